The first kappa shape index (κ1) is 17.3. The number of ether oxygens (including phenoxy) is 1. The van der Waals surface area contributed by atoms with Gasteiger partial charge in [0.15, 0.2) is 0 Å². The zero-order valence-corrected chi connectivity index (χ0v) is 13.3. The lowest BCUT2D eigenvalue weighted by Crippen LogP contribution is -2.17. The lowest BCUT2D eigenvalue weighted by Gasteiger charge is -2.10. The molecule has 0 aromatic heterocycles. The molecule has 0 saturated carbocycles. The Labute approximate surface area is 128 Å². The number of unbranched alkanes of at least 4 members (excludes halogenated alkanes) is 6. The minimum atomic E-state index is -0.129. The quantitative estimate of drug-likeness (QED) is 0.510. The first-order valence-electron chi connectivity index (χ1n) is 7.93. The van der Waals surface area contributed by atoms with Crippen molar-refractivity contribution in [2.24, 2.45) is 0 Å². The van der Waals surface area contributed by atoms with Crippen molar-refractivity contribution in [3.63, 3.8) is 0 Å². The van der Waals surface area contributed by atoms with Crippen LogP contribution in [-0.4, -0.2) is 19.6 Å². The van der Waals surface area contributed by atoms with E-state index in [1.807, 2.05) is 0 Å². The second-order valence-corrected chi connectivity index (χ2v) is 5.30. The number of hydrogen-bond donors (Lipinski definition) is 2. The van der Waals surface area contributed by atoms with Crippen LogP contribution in [0.25, 0.3) is 0 Å². The van der Waals surface area contributed by atoms with Crippen LogP contribution < -0.4 is 15.8 Å². The summed E-state index contributed by atoms with van der Waals surface area (Å²) in [6.07, 6.45) is 8.72. The third-order valence-electron chi connectivity index (χ3n) is 3.51. The van der Waals surface area contributed by atoms with Crippen LogP contribution in [0.2, 0.25) is 0 Å². The average Bonchev–Trinajstić information content (AvgIpc) is 2.50. The maximum absolute atomic E-state index is 11.6. The Morgan fingerprint density at radius 2 is 1.81 bits per heavy atom. The number of benzene rings is 1. The Bertz CT molecular complexity index is 433. The fraction of sp³-hybridized carbons (Fsp3) is 0.588. The minimum Gasteiger partial charge on any atom is -0.491 e. The molecular formula is C17H28N2O2. The molecule has 118 valence electrons. The standard InChI is InChI=1S/C17H28N2O2/c1-3-4-5-6-7-8-9-12-21-16-13-14(17(20)19-2)10-11-15(16)18/h10-11,13H,3-9,12,18H2,1-2H3,(H,19,20). The van der Waals surface area contributed by atoms with Gasteiger partial charge in [0.05, 0.1) is 12.3 Å². The number of nitrogens with two attached hydrogens (primary N) is 1. The molecule has 0 heterocycles. The summed E-state index contributed by atoms with van der Waals surface area (Å²) in [5.41, 5.74) is 7.02. The number of carbonyl (C=O) groups excluding carboxylic acids is 1. The van der Waals surface area contributed by atoms with Crippen molar-refractivity contribution in [1.82, 2.24) is 5.32 Å². The van der Waals surface area contributed by atoms with Gasteiger partial charge in [0.2, 0.25) is 0 Å². The van der Waals surface area contributed by atoms with Crippen LogP contribution in [0.1, 0.15) is 62.2 Å². The van der Waals surface area contributed by atoms with Gasteiger partial charge >= 0.3 is 0 Å². The summed E-state index contributed by atoms with van der Waals surface area (Å²) < 4.78 is 5.69. The highest BCUT2D eigenvalue weighted by Gasteiger charge is 2.07. The summed E-state index contributed by atoms with van der Waals surface area (Å²) in [5.74, 6) is 0.470. The normalized spacial score (nSPS) is 10.4. The molecule has 0 radical (unpaired) electrons. The van der Waals surface area contributed by atoms with E-state index >= 15 is 0 Å². The van der Waals surface area contributed by atoms with E-state index < -0.39 is 0 Å². The zero-order chi connectivity index (χ0) is 15.5. The van der Waals surface area contributed by atoms with Crippen molar-refractivity contribution in [1.29, 1.82) is 0 Å². The number of nitrogen functional groups attached to an aromatic ring is 1. The summed E-state index contributed by atoms with van der Waals surface area (Å²) in [5, 5.41) is 2.59. The van der Waals surface area contributed by atoms with E-state index in [1.54, 1.807) is 25.2 Å². The first-order chi connectivity index (χ1) is 10.2. The smallest absolute Gasteiger partial charge is 0.251 e. The lowest BCUT2D eigenvalue weighted by atomic mass is 10.1. The molecule has 0 fully saturated rings. The summed E-state index contributed by atoms with van der Waals surface area (Å²) >= 11 is 0. The Hall–Kier alpha value is -1.71. The van der Waals surface area contributed by atoms with Gasteiger partial charge in [-0.15, -0.1) is 0 Å². The Kier molecular flexibility index (Phi) is 8.32. The van der Waals surface area contributed by atoms with Crippen molar-refractivity contribution in [3.05, 3.63) is 23.8 Å². The largest absolute Gasteiger partial charge is 0.491 e. The van der Waals surface area contributed by atoms with Gasteiger partial charge in [-0.05, 0) is 24.6 Å². The molecule has 0 aliphatic carbocycles. The number of hydrogen-bond acceptors (Lipinski definition) is 3. The van der Waals surface area contributed by atoms with Crippen LogP contribution >= 0.6 is 0 Å². The fourth-order valence-electron chi connectivity index (χ4n) is 2.19. The maximum atomic E-state index is 11.6. The molecule has 1 rings (SSSR count). The number of rotatable bonds is 10. The maximum Gasteiger partial charge on any atom is 0.251 e. The zero-order valence-electron chi connectivity index (χ0n) is 13.3. The van der Waals surface area contributed by atoms with E-state index in [-0.39, 0.29) is 5.91 Å². The molecule has 0 aliphatic heterocycles. The van der Waals surface area contributed by atoms with E-state index in [9.17, 15) is 4.79 Å². The van der Waals surface area contributed by atoms with E-state index in [0.29, 0.717) is 23.6 Å². The highest BCUT2D eigenvalue weighted by molar-refractivity contribution is 5.95. The van der Waals surface area contributed by atoms with Crippen LogP contribution in [0.3, 0.4) is 0 Å². The van der Waals surface area contributed by atoms with Gasteiger partial charge in [-0.3, -0.25) is 4.79 Å². The van der Waals surface area contributed by atoms with Crippen LogP contribution in [0.15, 0.2) is 18.2 Å². The molecule has 0 spiro atoms. The molecule has 4 nitrogen and oxygen atoms in total. The monoisotopic (exact) mass is 292 g/mol. The molecule has 0 unspecified atom stereocenters. The summed E-state index contributed by atoms with van der Waals surface area (Å²) in [6.45, 7) is 2.88. The highest BCUT2D eigenvalue weighted by atomic mass is 16.5. The van der Waals surface area contributed by atoms with Crippen LogP contribution in [0.5, 0.6) is 5.75 Å². The number of anilines is 1. The molecule has 0 saturated heterocycles. The van der Waals surface area contributed by atoms with Crippen molar-refractivity contribution < 1.29 is 9.53 Å². The molecule has 1 aromatic carbocycles. The number of nitrogens with one attached hydrogen (secondary N) is 1. The topological polar surface area (TPSA) is 64.3 Å². The van der Waals surface area contributed by atoms with Crippen LogP contribution in [0.4, 0.5) is 5.69 Å². The Morgan fingerprint density at radius 1 is 1.14 bits per heavy atom. The molecule has 1 aromatic rings. The van der Waals surface area contributed by atoms with Gasteiger partial charge in [-0.2, -0.15) is 0 Å². The summed E-state index contributed by atoms with van der Waals surface area (Å²) in [7, 11) is 1.61. The second kappa shape index (κ2) is 10.1. The van der Waals surface area contributed by atoms with Gasteiger partial charge in [0.1, 0.15) is 5.75 Å². The average molecular weight is 292 g/mol. The molecule has 0 bridgehead atoms. The third-order valence-corrected chi connectivity index (χ3v) is 3.51. The first-order valence-corrected chi connectivity index (χ1v) is 7.93. The van der Waals surface area contributed by atoms with Crippen molar-refractivity contribution in [3.8, 4) is 5.75 Å². The lowest BCUT2D eigenvalue weighted by molar-refractivity contribution is 0.0962. The molecule has 3 N–H and O–H groups in total. The SMILES string of the molecule is CCCCCCCCCOc1cc(C(=O)NC)ccc1N. The number of amides is 1. The molecule has 0 aliphatic rings. The van der Waals surface area contributed by atoms with Crippen LogP contribution in [-0.2, 0) is 0 Å². The van der Waals surface area contributed by atoms with Gasteiger partial charge in [-0.1, -0.05) is 45.4 Å². The van der Waals surface area contributed by atoms with E-state index in [0.717, 1.165) is 6.42 Å². The predicted octanol–water partition coefficient (Wildman–Crippen LogP) is 3.76. The number of carbonyl (C=O) groups is 1. The van der Waals surface area contributed by atoms with Crippen molar-refractivity contribution in [2.75, 3.05) is 19.4 Å². The highest BCUT2D eigenvalue weighted by Crippen LogP contribution is 2.23. The van der Waals surface area contributed by atoms with Gasteiger partial charge in [0.25, 0.3) is 5.91 Å². The minimum absolute atomic E-state index is 0.129. The third kappa shape index (κ3) is 6.52. The fourth-order valence-corrected chi connectivity index (χ4v) is 2.19. The Morgan fingerprint density at radius 3 is 2.48 bits per heavy atom. The molecule has 0 atom stereocenters. The van der Waals surface area contributed by atoms with Crippen molar-refractivity contribution in [2.45, 2.75) is 51.9 Å². The van der Waals surface area contributed by atoms with Crippen LogP contribution in [0, 0.1) is 0 Å². The molecule has 4 heteroatoms. The van der Waals surface area contributed by atoms with E-state index in [1.165, 1.54) is 38.5 Å². The summed E-state index contributed by atoms with van der Waals surface area (Å²) in [6, 6.07) is 5.12. The van der Waals surface area contributed by atoms with Gasteiger partial charge in [-0.25, -0.2) is 0 Å². The molecule has 1 amide bonds. The predicted molar refractivity (Wildman–Crippen MR) is 87.7 cm³/mol. The summed E-state index contributed by atoms with van der Waals surface area (Å²) in [4.78, 5) is 11.6. The van der Waals surface area contributed by atoms with E-state index in [4.69, 9.17) is 10.5 Å². The van der Waals surface area contributed by atoms with Gasteiger partial charge < -0.3 is 15.8 Å². The molecule has 21 heavy (non-hydrogen) atoms. The van der Waals surface area contributed by atoms with Gasteiger partial charge in [0, 0.05) is 12.6 Å². The Balaban J connectivity index is 2.29. The van der Waals surface area contributed by atoms with Crippen molar-refractivity contribution >= 4 is 11.6 Å². The molecular weight excluding hydrogens is 264 g/mol. The second-order valence-electron chi connectivity index (χ2n) is 5.30. The van der Waals surface area contributed by atoms with E-state index in [2.05, 4.69) is 12.2 Å².